The first-order chi connectivity index (χ1) is 7.29. The Morgan fingerprint density at radius 2 is 2.13 bits per heavy atom. The number of nitrogens with one attached hydrogen (secondary N) is 1. The molecule has 0 saturated carbocycles. The Morgan fingerprint density at radius 3 is 2.80 bits per heavy atom. The average molecular weight is 223 g/mol. The van der Waals surface area contributed by atoms with Crippen molar-refractivity contribution in [2.45, 2.75) is 36.0 Å². The van der Waals surface area contributed by atoms with Crippen LogP contribution in [0.5, 0.6) is 0 Å². The van der Waals surface area contributed by atoms with Crippen molar-refractivity contribution in [1.82, 2.24) is 5.32 Å². The van der Waals surface area contributed by atoms with Crippen molar-refractivity contribution in [2.75, 3.05) is 7.05 Å². The lowest BCUT2D eigenvalue weighted by molar-refractivity contribution is 0.535. The van der Waals surface area contributed by atoms with E-state index in [1.54, 1.807) is 0 Å². The van der Waals surface area contributed by atoms with E-state index in [-0.39, 0.29) is 11.3 Å². The van der Waals surface area contributed by atoms with E-state index in [0.29, 0.717) is 0 Å². The zero-order valence-electron chi connectivity index (χ0n) is 9.19. The van der Waals surface area contributed by atoms with Crippen LogP contribution in [-0.4, -0.2) is 16.5 Å². The zero-order valence-corrected chi connectivity index (χ0v) is 10.0. The summed E-state index contributed by atoms with van der Waals surface area (Å²) in [6, 6.07) is 8.34. The molecule has 1 N–H and O–H groups in total. The molecule has 0 radical (unpaired) electrons. The van der Waals surface area contributed by atoms with Crippen LogP contribution in [0.25, 0.3) is 0 Å². The first-order valence-corrected chi connectivity index (χ1v) is 6.67. The van der Waals surface area contributed by atoms with E-state index < -0.39 is 10.8 Å². The first kappa shape index (κ1) is 10.8. The van der Waals surface area contributed by atoms with Gasteiger partial charge in [-0.05, 0) is 25.1 Å². The average Bonchev–Trinajstić information content (AvgIpc) is 2.54. The smallest absolute Gasteiger partial charge is 0.0589 e. The highest BCUT2D eigenvalue weighted by atomic mass is 32.2. The minimum atomic E-state index is -0.828. The molecule has 0 spiro atoms. The van der Waals surface area contributed by atoms with E-state index in [9.17, 15) is 4.21 Å². The second kappa shape index (κ2) is 4.45. The lowest BCUT2D eigenvalue weighted by Crippen LogP contribution is -2.26. The maximum atomic E-state index is 12.2. The molecular weight excluding hydrogens is 206 g/mol. The van der Waals surface area contributed by atoms with Crippen LogP contribution in [0, 0.1) is 0 Å². The maximum absolute atomic E-state index is 12.2. The predicted octanol–water partition coefficient (Wildman–Crippen LogP) is 2.24. The molecule has 15 heavy (non-hydrogen) atoms. The van der Waals surface area contributed by atoms with E-state index in [2.05, 4.69) is 18.3 Å². The van der Waals surface area contributed by atoms with Crippen LogP contribution < -0.4 is 5.32 Å². The van der Waals surface area contributed by atoms with Crippen molar-refractivity contribution in [3.8, 4) is 0 Å². The summed E-state index contributed by atoms with van der Waals surface area (Å²) < 4.78 is 12.2. The summed E-state index contributed by atoms with van der Waals surface area (Å²) in [4.78, 5) is 1.02. The van der Waals surface area contributed by atoms with Gasteiger partial charge in [-0.2, -0.15) is 0 Å². The fourth-order valence-electron chi connectivity index (χ4n) is 2.31. The zero-order chi connectivity index (χ0) is 10.8. The molecule has 2 rings (SSSR count). The highest BCUT2D eigenvalue weighted by molar-refractivity contribution is 7.86. The molecule has 3 unspecified atom stereocenters. The maximum Gasteiger partial charge on any atom is 0.0589 e. The first-order valence-electron chi connectivity index (χ1n) is 5.46. The molecule has 3 heteroatoms. The van der Waals surface area contributed by atoms with Gasteiger partial charge < -0.3 is 5.32 Å². The topological polar surface area (TPSA) is 29.1 Å². The van der Waals surface area contributed by atoms with E-state index >= 15 is 0 Å². The van der Waals surface area contributed by atoms with Gasteiger partial charge in [0.25, 0.3) is 0 Å². The number of rotatable bonds is 3. The summed E-state index contributed by atoms with van der Waals surface area (Å²) in [6.07, 6.45) is 2.11. The van der Waals surface area contributed by atoms with Crippen molar-refractivity contribution in [2.24, 2.45) is 0 Å². The Labute approximate surface area is 93.5 Å². The number of hydrogen-bond acceptors (Lipinski definition) is 2. The molecule has 1 aromatic rings. The van der Waals surface area contributed by atoms with Gasteiger partial charge in [0.15, 0.2) is 0 Å². The molecule has 1 heterocycles. The summed E-state index contributed by atoms with van der Waals surface area (Å²) in [5.74, 6) is 0. The number of benzene rings is 1. The molecule has 82 valence electrons. The monoisotopic (exact) mass is 223 g/mol. The third-order valence-corrected chi connectivity index (χ3v) is 4.86. The fourth-order valence-corrected chi connectivity index (χ4v) is 4.25. The molecule has 0 aromatic heterocycles. The van der Waals surface area contributed by atoms with E-state index in [4.69, 9.17) is 0 Å². The van der Waals surface area contributed by atoms with Crippen LogP contribution in [0.15, 0.2) is 29.2 Å². The van der Waals surface area contributed by atoms with Gasteiger partial charge in [-0.1, -0.05) is 31.5 Å². The van der Waals surface area contributed by atoms with E-state index in [1.807, 2.05) is 25.2 Å². The van der Waals surface area contributed by atoms with Crippen molar-refractivity contribution in [1.29, 1.82) is 0 Å². The number of fused-ring (bicyclic) bond motifs is 1. The highest BCUT2D eigenvalue weighted by Gasteiger charge is 2.36. The fraction of sp³-hybridized carbons (Fsp3) is 0.500. The van der Waals surface area contributed by atoms with Gasteiger partial charge >= 0.3 is 0 Å². The van der Waals surface area contributed by atoms with Gasteiger partial charge in [0, 0.05) is 10.9 Å². The number of hydrogen-bond donors (Lipinski definition) is 1. The molecule has 1 aliphatic rings. The normalized spacial score (nSPS) is 29.1. The summed E-state index contributed by atoms with van der Waals surface area (Å²) >= 11 is 0. The molecule has 0 bridgehead atoms. The third kappa shape index (κ3) is 1.74. The van der Waals surface area contributed by atoms with Crippen LogP contribution in [0.3, 0.4) is 0 Å². The van der Waals surface area contributed by atoms with Crippen LogP contribution in [0.2, 0.25) is 0 Å². The molecule has 3 atom stereocenters. The van der Waals surface area contributed by atoms with Gasteiger partial charge in [0.1, 0.15) is 0 Å². The van der Waals surface area contributed by atoms with Crippen molar-refractivity contribution in [3.63, 3.8) is 0 Å². The van der Waals surface area contributed by atoms with Gasteiger partial charge in [-0.3, -0.25) is 4.21 Å². The van der Waals surface area contributed by atoms with Crippen LogP contribution in [-0.2, 0) is 10.8 Å². The lowest BCUT2D eigenvalue weighted by Gasteiger charge is -2.17. The van der Waals surface area contributed by atoms with Crippen LogP contribution in [0.4, 0.5) is 0 Å². The summed E-state index contributed by atoms with van der Waals surface area (Å²) in [7, 11) is 1.12. The predicted molar refractivity (Wildman–Crippen MR) is 63.3 cm³/mol. The molecule has 0 aliphatic carbocycles. The minimum absolute atomic E-state index is 0.248. The van der Waals surface area contributed by atoms with E-state index in [0.717, 1.165) is 17.7 Å². The van der Waals surface area contributed by atoms with Crippen molar-refractivity contribution < 1.29 is 4.21 Å². The Bertz CT molecular complexity index is 378. The minimum Gasteiger partial charge on any atom is -0.312 e. The SMILES string of the molecule is CCCC1C(NC)c2ccccc2S1=O. The molecular formula is C12H17NOS. The third-order valence-electron chi connectivity index (χ3n) is 3.00. The van der Waals surface area contributed by atoms with Gasteiger partial charge in [-0.15, -0.1) is 0 Å². The summed E-state index contributed by atoms with van der Waals surface area (Å²) in [5, 5.41) is 3.54. The lowest BCUT2D eigenvalue weighted by atomic mass is 10.0. The van der Waals surface area contributed by atoms with Crippen LogP contribution >= 0.6 is 0 Å². The molecule has 0 amide bonds. The molecule has 1 aromatic carbocycles. The highest BCUT2D eigenvalue weighted by Crippen LogP contribution is 2.37. The second-order valence-corrected chi connectivity index (χ2v) is 5.57. The van der Waals surface area contributed by atoms with Crippen LogP contribution in [0.1, 0.15) is 31.4 Å². The van der Waals surface area contributed by atoms with E-state index in [1.165, 1.54) is 5.56 Å². The van der Waals surface area contributed by atoms with Gasteiger partial charge in [-0.25, -0.2) is 0 Å². The Morgan fingerprint density at radius 1 is 1.40 bits per heavy atom. The van der Waals surface area contributed by atoms with Crippen molar-refractivity contribution >= 4 is 10.8 Å². The largest absolute Gasteiger partial charge is 0.312 e. The Balaban J connectivity index is 2.39. The Kier molecular flexibility index (Phi) is 3.22. The molecule has 0 saturated heterocycles. The van der Waals surface area contributed by atoms with Crippen molar-refractivity contribution in [3.05, 3.63) is 29.8 Å². The summed E-state index contributed by atoms with van der Waals surface area (Å²) in [5.41, 5.74) is 1.22. The van der Waals surface area contributed by atoms with Gasteiger partial charge in [0.05, 0.1) is 16.0 Å². The molecule has 0 fully saturated rings. The molecule has 2 nitrogen and oxygen atoms in total. The summed E-state index contributed by atoms with van der Waals surface area (Å²) in [6.45, 7) is 2.15. The quantitative estimate of drug-likeness (QED) is 0.851. The Hall–Kier alpha value is -0.670. The standard InChI is InChI=1S/C12H17NOS/c1-3-6-11-12(13-2)9-7-4-5-8-10(9)15(11)14/h4-5,7-8,11-13H,3,6H2,1-2H3. The van der Waals surface area contributed by atoms with Gasteiger partial charge in [0.2, 0.25) is 0 Å². The molecule has 1 aliphatic heterocycles. The second-order valence-electron chi connectivity index (χ2n) is 3.93.